The zero-order chi connectivity index (χ0) is 41.9. The zero-order valence-corrected chi connectivity index (χ0v) is 39.4. The number of phenolic OH excluding ortho intramolecular Hbond substituents is 2. The summed E-state index contributed by atoms with van der Waals surface area (Å²) in [5.41, 5.74) is 5.28. The molecule has 0 aliphatic carbocycles. The van der Waals surface area contributed by atoms with Gasteiger partial charge in [-0.15, -0.1) is 0 Å². The molecule has 0 aliphatic heterocycles. The summed E-state index contributed by atoms with van der Waals surface area (Å²) in [6.45, 7) is 39.9. The van der Waals surface area contributed by atoms with E-state index >= 15 is 0 Å². The van der Waals surface area contributed by atoms with Crippen LogP contribution in [0, 0.1) is 7.43 Å². The summed E-state index contributed by atoms with van der Waals surface area (Å²) in [7, 11) is 0. The molecule has 0 fully saturated rings. The standard InChI is InChI=1S/C45H75N3O2.CH2O3.CH3.Co/c1-17-21-23-38(46-30-32-26-34(42(5,6)7)28-36(40(32)49)44(11,12)13)39(24-22-25-48(18-2,19-3)20-4)47-31-33-27-35(43(8,9)10)29-37(41(33)50)45(14,15)16;2-1(3)4;;/h26-31,38-39H,17-25H2,1-16H3,(H-,46,47,49,50);(H2,2,3,4);1H3;/q;;-1;/p+1. The van der Waals surface area contributed by atoms with Crippen molar-refractivity contribution in [2.24, 2.45) is 9.98 Å². The molecular weight excluding hydrogens is 745 g/mol. The Morgan fingerprint density at radius 1 is 0.625 bits per heavy atom. The number of hydrogen-bond donors (Lipinski definition) is 4. The van der Waals surface area contributed by atoms with E-state index in [4.69, 9.17) is 25.0 Å². The van der Waals surface area contributed by atoms with Gasteiger partial charge in [0.25, 0.3) is 0 Å². The number of rotatable bonds is 15. The van der Waals surface area contributed by atoms with Crippen LogP contribution in [0.2, 0.25) is 0 Å². The third-order valence-corrected chi connectivity index (χ3v) is 10.9. The second-order valence-electron chi connectivity index (χ2n) is 19.2. The molecule has 2 rings (SSSR count). The molecule has 4 N–H and O–H groups in total. The molecular formula is C47H81CoN3O5. The average molecular weight is 827 g/mol. The first-order valence-electron chi connectivity index (χ1n) is 20.3. The SMILES string of the molecule is CCCCC(N=Cc1cc(C(C)(C)C)cc(C(C)(C)C)c1O)C(CCC[N+](CC)(CC)CC)N=Cc1cc(C(C)(C)C)cc(C(C)(C)C)c1O.O=C(O)O.[CH3-].[Co]. The number of carbonyl (C=O) groups is 1. The third-order valence-electron chi connectivity index (χ3n) is 10.9. The second kappa shape index (κ2) is 22.9. The minimum atomic E-state index is -1.83. The molecule has 0 spiro atoms. The topological polar surface area (TPSA) is 123 Å². The van der Waals surface area contributed by atoms with Crippen LogP contribution in [-0.2, 0) is 38.4 Å². The summed E-state index contributed by atoms with van der Waals surface area (Å²) in [6, 6.07) is 8.45. The molecule has 1 radical (unpaired) electrons. The number of unbranched alkanes of at least 4 members (excludes halogenated alkanes) is 1. The van der Waals surface area contributed by atoms with Gasteiger partial charge < -0.3 is 32.3 Å². The Labute approximate surface area is 353 Å². The molecule has 8 nitrogen and oxygen atoms in total. The summed E-state index contributed by atoms with van der Waals surface area (Å²) in [4.78, 5) is 19.2. The molecule has 9 heteroatoms. The quantitative estimate of drug-likeness (QED) is 0.0809. The van der Waals surface area contributed by atoms with Crippen LogP contribution in [0.1, 0.15) is 176 Å². The van der Waals surface area contributed by atoms with Crippen LogP contribution < -0.4 is 0 Å². The van der Waals surface area contributed by atoms with E-state index in [0.29, 0.717) is 11.5 Å². The van der Waals surface area contributed by atoms with E-state index in [1.54, 1.807) is 0 Å². The van der Waals surface area contributed by atoms with Crippen molar-refractivity contribution >= 4 is 18.6 Å². The first-order valence-corrected chi connectivity index (χ1v) is 20.3. The Bertz CT molecular complexity index is 1540. The van der Waals surface area contributed by atoms with Crippen LogP contribution in [0.25, 0.3) is 0 Å². The van der Waals surface area contributed by atoms with E-state index in [-0.39, 0.29) is 57.9 Å². The number of nitrogens with zero attached hydrogens (tertiary/aromatic N) is 3. The van der Waals surface area contributed by atoms with Crippen molar-refractivity contribution in [3.8, 4) is 11.5 Å². The number of phenols is 2. The Balaban J connectivity index is 0. The van der Waals surface area contributed by atoms with Crippen molar-refractivity contribution in [2.75, 3.05) is 26.2 Å². The van der Waals surface area contributed by atoms with Gasteiger partial charge in [0.15, 0.2) is 0 Å². The molecule has 0 aliphatic rings. The maximum atomic E-state index is 11.6. The number of aliphatic imine (C=N–C) groups is 2. The first kappa shape index (κ1) is 55.2. The second-order valence-corrected chi connectivity index (χ2v) is 19.2. The summed E-state index contributed by atoms with van der Waals surface area (Å²) < 4.78 is 1.10. The molecule has 0 amide bonds. The van der Waals surface area contributed by atoms with Crippen LogP contribution in [0.5, 0.6) is 11.5 Å². The predicted octanol–water partition coefficient (Wildman–Crippen LogP) is 12.1. The van der Waals surface area contributed by atoms with Crippen molar-refractivity contribution < 1.29 is 46.5 Å². The van der Waals surface area contributed by atoms with Gasteiger partial charge >= 0.3 is 6.16 Å². The van der Waals surface area contributed by atoms with Crippen molar-refractivity contribution in [1.82, 2.24) is 0 Å². The number of carboxylic acid groups (broad SMARTS) is 2. The van der Waals surface area contributed by atoms with Gasteiger partial charge in [-0.2, -0.15) is 0 Å². The van der Waals surface area contributed by atoms with Crippen LogP contribution in [0.4, 0.5) is 4.79 Å². The molecule has 323 valence electrons. The van der Waals surface area contributed by atoms with Gasteiger partial charge in [0.2, 0.25) is 0 Å². The van der Waals surface area contributed by atoms with Gasteiger partial charge in [0.05, 0.1) is 38.3 Å². The summed E-state index contributed by atoms with van der Waals surface area (Å²) in [5, 5.41) is 37.1. The Morgan fingerprint density at radius 2 is 0.946 bits per heavy atom. The van der Waals surface area contributed by atoms with E-state index in [9.17, 15) is 10.2 Å². The molecule has 0 bridgehead atoms. The van der Waals surface area contributed by atoms with E-state index in [2.05, 4.69) is 135 Å². The molecule has 56 heavy (non-hydrogen) atoms. The van der Waals surface area contributed by atoms with Crippen LogP contribution in [-0.4, -0.2) is 81.8 Å². The van der Waals surface area contributed by atoms with Crippen LogP contribution >= 0.6 is 0 Å². The van der Waals surface area contributed by atoms with Crippen LogP contribution in [0.3, 0.4) is 0 Å². The maximum Gasteiger partial charge on any atom is 0.503 e. The molecule has 0 aromatic heterocycles. The normalized spacial score (nSPS) is 13.8. The van der Waals surface area contributed by atoms with Crippen molar-refractivity contribution in [1.29, 1.82) is 0 Å². The fraction of sp³-hybridized carbons (Fsp3) is 0.660. The van der Waals surface area contributed by atoms with Gasteiger partial charge in [-0.05, 0) is 85.0 Å². The smallest absolute Gasteiger partial charge is 0.503 e. The number of benzene rings is 2. The Kier molecular flexibility index (Phi) is 22.6. The number of quaternary nitrogens is 1. The molecule has 0 heterocycles. The third kappa shape index (κ3) is 16.9. The largest absolute Gasteiger partial charge is 0.507 e. The van der Waals surface area contributed by atoms with Crippen molar-refractivity contribution in [3.05, 3.63) is 65.1 Å². The van der Waals surface area contributed by atoms with Gasteiger partial charge in [-0.1, -0.05) is 115 Å². The maximum absolute atomic E-state index is 11.6. The zero-order valence-electron chi connectivity index (χ0n) is 38.4. The molecule has 2 aromatic carbocycles. The summed E-state index contributed by atoms with van der Waals surface area (Å²) in [5.74, 6) is 0.636. The van der Waals surface area contributed by atoms with Gasteiger partial charge in [0.1, 0.15) is 11.5 Å². The molecule has 2 aromatic rings. The van der Waals surface area contributed by atoms with E-state index < -0.39 is 6.16 Å². The fourth-order valence-corrected chi connectivity index (χ4v) is 6.80. The predicted molar refractivity (Wildman–Crippen MR) is 236 cm³/mol. The Hall–Kier alpha value is -2.88. The summed E-state index contributed by atoms with van der Waals surface area (Å²) >= 11 is 0. The molecule has 0 saturated carbocycles. The van der Waals surface area contributed by atoms with Crippen LogP contribution in [0.15, 0.2) is 34.3 Å². The molecule has 2 atom stereocenters. The van der Waals surface area contributed by atoms with E-state index in [0.717, 1.165) is 85.0 Å². The summed E-state index contributed by atoms with van der Waals surface area (Å²) in [6.07, 6.45) is 7.01. The van der Waals surface area contributed by atoms with Gasteiger partial charge in [-0.3, -0.25) is 9.98 Å². The number of hydrogen-bond acceptors (Lipinski definition) is 5. The van der Waals surface area contributed by atoms with Gasteiger partial charge in [-0.25, -0.2) is 4.79 Å². The van der Waals surface area contributed by atoms with E-state index in [1.165, 1.54) is 11.1 Å². The van der Waals surface area contributed by atoms with E-state index in [1.807, 2.05) is 12.4 Å². The molecule has 0 saturated heterocycles. The minimum Gasteiger partial charge on any atom is -0.507 e. The monoisotopic (exact) mass is 827 g/mol. The Morgan fingerprint density at radius 3 is 1.21 bits per heavy atom. The van der Waals surface area contributed by atoms with Crippen molar-refractivity contribution in [3.63, 3.8) is 0 Å². The fourth-order valence-electron chi connectivity index (χ4n) is 6.80. The van der Waals surface area contributed by atoms with Crippen molar-refractivity contribution in [2.45, 2.75) is 177 Å². The molecule has 2 unspecified atom stereocenters. The first-order chi connectivity index (χ1) is 24.7. The van der Waals surface area contributed by atoms with Gasteiger partial charge in [0, 0.05) is 51.5 Å². The number of aromatic hydroxyl groups is 2. The minimum absolute atomic E-state index is 0. The average Bonchev–Trinajstić information content (AvgIpc) is 3.03.